The Labute approximate surface area is 221 Å². The molecule has 0 saturated carbocycles. The third-order valence-corrected chi connectivity index (χ3v) is 7.05. The van der Waals surface area contributed by atoms with Crippen molar-refractivity contribution in [1.82, 2.24) is 9.71 Å². The van der Waals surface area contributed by atoms with E-state index < -0.39 is 28.0 Å². The lowest BCUT2D eigenvalue weighted by Crippen LogP contribution is -2.35. The first-order valence-corrected chi connectivity index (χ1v) is 13.5. The largest absolute Gasteiger partial charge is 0.389 e. The summed E-state index contributed by atoms with van der Waals surface area (Å²) in [5.41, 5.74) is 0.821. The quantitative estimate of drug-likeness (QED) is 0.244. The van der Waals surface area contributed by atoms with Crippen LogP contribution in [0, 0.1) is 5.82 Å². The molecular formula is C25H31ClFN3O6S. The minimum Gasteiger partial charge on any atom is -0.389 e. The van der Waals surface area contributed by atoms with Crippen molar-refractivity contribution in [3.8, 4) is 0 Å². The zero-order chi connectivity index (χ0) is 26.8. The van der Waals surface area contributed by atoms with Gasteiger partial charge in [0.25, 0.3) is 0 Å². The van der Waals surface area contributed by atoms with Crippen molar-refractivity contribution >= 4 is 38.3 Å². The number of sulfonamides is 1. The number of aromatic nitrogens is 1. The number of ether oxygens (including phenoxy) is 3. The van der Waals surface area contributed by atoms with Gasteiger partial charge in [0, 0.05) is 29.6 Å². The molecule has 0 saturated heterocycles. The molecule has 3 rings (SSSR count). The van der Waals surface area contributed by atoms with E-state index in [2.05, 4.69) is 15.0 Å². The van der Waals surface area contributed by atoms with Gasteiger partial charge in [0.1, 0.15) is 16.5 Å². The van der Waals surface area contributed by atoms with Gasteiger partial charge in [-0.15, -0.1) is 0 Å². The Morgan fingerprint density at radius 2 is 1.81 bits per heavy atom. The van der Waals surface area contributed by atoms with E-state index >= 15 is 0 Å². The molecule has 0 spiro atoms. The molecule has 0 bridgehead atoms. The van der Waals surface area contributed by atoms with Gasteiger partial charge < -0.3 is 24.6 Å². The number of fused-ring (bicyclic) bond motifs is 1. The fourth-order valence-corrected chi connectivity index (χ4v) is 4.85. The summed E-state index contributed by atoms with van der Waals surface area (Å²) in [6, 6.07) is 12.0. The van der Waals surface area contributed by atoms with Gasteiger partial charge in [-0.2, -0.15) is 0 Å². The van der Waals surface area contributed by atoms with Crippen LogP contribution in [0.2, 0.25) is 5.02 Å². The van der Waals surface area contributed by atoms with E-state index in [0.717, 1.165) is 0 Å². The lowest BCUT2D eigenvalue weighted by atomic mass is 10.1. The number of pyridine rings is 1. The van der Waals surface area contributed by atoms with E-state index in [0.29, 0.717) is 35.7 Å². The molecule has 3 N–H and O–H groups in total. The van der Waals surface area contributed by atoms with Crippen LogP contribution < -0.4 is 10.0 Å². The summed E-state index contributed by atoms with van der Waals surface area (Å²) in [6.07, 6.45) is -1.09. The highest BCUT2D eigenvalue weighted by molar-refractivity contribution is 7.89. The average molecular weight is 556 g/mol. The van der Waals surface area contributed by atoms with Gasteiger partial charge in [0.15, 0.2) is 0 Å². The number of para-hydroxylation sites is 1. The SMILES string of the molecule is COCCOCCOCC(O)CNS(=O)(=O)c1cc2ccccc2nc1N[C@H](C)c1cc(Cl)ccc1F. The summed E-state index contributed by atoms with van der Waals surface area (Å²) < 4.78 is 58.8. The first-order valence-electron chi connectivity index (χ1n) is 11.6. The predicted molar refractivity (Wildman–Crippen MR) is 140 cm³/mol. The van der Waals surface area contributed by atoms with Crippen LogP contribution in [0.1, 0.15) is 18.5 Å². The van der Waals surface area contributed by atoms with Crippen LogP contribution >= 0.6 is 11.6 Å². The standard InChI is InChI=1S/C25H31ClFN3O6S/c1-17(21-14-19(26)7-8-22(21)27)29-25-24(13-18-5-3-4-6-23(18)30-25)37(32,33)28-15-20(31)16-36-12-11-35-10-9-34-2/h3-8,13-14,17,20,28,31H,9-12,15-16H2,1-2H3,(H,29,30)/t17-,20?/m1/s1. The van der Waals surface area contributed by atoms with Crippen LogP contribution in [0.4, 0.5) is 10.2 Å². The molecule has 0 aliphatic carbocycles. The minimum atomic E-state index is -4.12. The Kier molecular flexibility index (Phi) is 11.0. The van der Waals surface area contributed by atoms with E-state index in [4.69, 9.17) is 25.8 Å². The van der Waals surface area contributed by atoms with E-state index in [1.165, 1.54) is 24.3 Å². The van der Waals surface area contributed by atoms with Crippen LogP contribution in [0.3, 0.4) is 0 Å². The summed E-state index contributed by atoms with van der Waals surface area (Å²) >= 11 is 6.03. The number of aliphatic hydroxyl groups is 1. The monoisotopic (exact) mass is 555 g/mol. The molecule has 2 aromatic carbocycles. The highest BCUT2D eigenvalue weighted by Gasteiger charge is 2.24. The van der Waals surface area contributed by atoms with Crippen molar-refractivity contribution in [3.05, 3.63) is 64.9 Å². The molecule has 12 heteroatoms. The van der Waals surface area contributed by atoms with Crippen LogP contribution in [-0.2, 0) is 24.2 Å². The highest BCUT2D eigenvalue weighted by Crippen LogP contribution is 2.29. The number of nitrogens with one attached hydrogen (secondary N) is 2. The van der Waals surface area contributed by atoms with Gasteiger partial charge in [0.05, 0.1) is 50.7 Å². The predicted octanol–water partition coefficient (Wildman–Crippen LogP) is 3.52. The molecule has 202 valence electrons. The average Bonchev–Trinajstić information content (AvgIpc) is 2.88. The summed E-state index contributed by atoms with van der Waals surface area (Å²) in [6.45, 7) is 2.78. The fourth-order valence-electron chi connectivity index (χ4n) is 3.46. The lowest BCUT2D eigenvalue weighted by molar-refractivity contribution is -0.00375. The number of methoxy groups -OCH3 is 1. The molecule has 9 nitrogen and oxygen atoms in total. The molecule has 37 heavy (non-hydrogen) atoms. The number of benzene rings is 2. The fraction of sp³-hybridized carbons (Fsp3) is 0.400. The molecule has 0 amide bonds. The maximum absolute atomic E-state index is 14.4. The third kappa shape index (κ3) is 8.57. The number of aliphatic hydroxyl groups excluding tert-OH is 1. The molecule has 0 fully saturated rings. The molecule has 3 aromatic rings. The van der Waals surface area contributed by atoms with Crippen molar-refractivity contribution in [3.63, 3.8) is 0 Å². The van der Waals surface area contributed by atoms with Gasteiger partial charge in [-0.1, -0.05) is 29.8 Å². The molecule has 2 atom stereocenters. The topological polar surface area (TPSA) is 119 Å². The zero-order valence-electron chi connectivity index (χ0n) is 20.6. The number of halogens is 2. The molecule has 1 aromatic heterocycles. The number of nitrogens with zero attached hydrogens (tertiary/aromatic N) is 1. The lowest BCUT2D eigenvalue weighted by Gasteiger charge is -2.20. The molecule has 1 unspecified atom stereocenters. The van der Waals surface area contributed by atoms with Crippen molar-refractivity contribution < 1.29 is 32.1 Å². The Morgan fingerprint density at radius 1 is 1.08 bits per heavy atom. The van der Waals surface area contributed by atoms with Gasteiger partial charge in [0.2, 0.25) is 10.0 Å². The number of rotatable bonds is 15. The molecular weight excluding hydrogens is 525 g/mol. The third-order valence-electron chi connectivity index (χ3n) is 5.38. The van der Waals surface area contributed by atoms with Crippen LogP contribution in [0.5, 0.6) is 0 Å². The van der Waals surface area contributed by atoms with Crippen LogP contribution in [0.15, 0.2) is 53.4 Å². The smallest absolute Gasteiger partial charge is 0.244 e. The second-order valence-corrected chi connectivity index (χ2v) is 10.4. The summed E-state index contributed by atoms with van der Waals surface area (Å²) in [7, 11) is -2.54. The van der Waals surface area contributed by atoms with E-state index in [-0.39, 0.29) is 36.0 Å². The first-order chi connectivity index (χ1) is 17.7. The van der Waals surface area contributed by atoms with Gasteiger partial charge in [-0.3, -0.25) is 0 Å². The van der Waals surface area contributed by atoms with Crippen LogP contribution in [0.25, 0.3) is 10.9 Å². The number of hydrogen-bond donors (Lipinski definition) is 3. The molecule has 0 aliphatic heterocycles. The van der Waals surface area contributed by atoms with Crippen LogP contribution in [-0.4, -0.2) is 71.3 Å². The summed E-state index contributed by atoms with van der Waals surface area (Å²) in [5, 5.41) is 14.2. The molecule has 1 heterocycles. The Morgan fingerprint density at radius 3 is 2.59 bits per heavy atom. The molecule has 0 aliphatic rings. The Hall–Kier alpha value is -2.38. The van der Waals surface area contributed by atoms with E-state index in [9.17, 15) is 17.9 Å². The zero-order valence-corrected chi connectivity index (χ0v) is 22.2. The highest BCUT2D eigenvalue weighted by atomic mass is 35.5. The second kappa shape index (κ2) is 14.0. The normalized spacial score (nSPS) is 13.5. The summed E-state index contributed by atoms with van der Waals surface area (Å²) in [4.78, 5) is 4.34. The van der Waals surface area contributed by atoms with Crippen molar-refractivity contribution in [2.24, 2.45) is 0 Å². The minimum absolute atomic E-state index is 0.0389. The van der Waals surface area contributed by atoms with Gasteiger partial charge in [-0.05, 0) is 37.3 Å². The Bertz CT molecular complexity index is 1280. The Balaban J connectivity index is 1.72. The van der Waals surface area contributed by atoms with E-state index in [1.807, 2.05) is 0 Å². The first kappa shape index (κ1) is 29.2. The van der Waals surface area contributed by atoms with Gasteiger partial charge in [-0.25, -0.2) is 22.5 Å². The maximum Gasteiger partial charge on any atom is 0.244 e. The molecule has 0 radical (unpaired) electrons. The van der Waals surface area contributed by atoms with E-state index in [1.54, 1.807) is 38.3 Å². The summed E-state index contributed by atoms with van der Waals surface area (Å²) in [5.74, 6) is -0.447. The van der Waals surface area contributed by atoms with Crippen molar-refractivity contribution in [2.45, 2.75) is 24.0 Å². The van der Waals surface area contributed by atoms with Gasteiger partial charge >= 0.3 is 0 Å². The van der Waals surface area contributed by atoms with Crippen molar-refractivity contribution in [1.29, 1.82) is 0 Å². The number of hydrogen-bond acceptors (Lipinski definition) is 8. The second-order valence-electron chi connectivity index (χ2n) is 8.25. The number of anilines is 1. The van der Waals surface area contributed by atoms with Crippen molar-refractivity contribution in [2.75, 3.05) is 52.0 Å². The maximum atomic E-state index is 14.4.